The van der Waals surface area contributed by atoms with Crippen LogP contribution < -0.4 is 15.8 Å². The second-order valence-electron chi connectivity index (χ2n) is 4.26. The summed E-state index contributed by atoms with van der Waals surface area (Å²) in [5.41, 5.74) is 6.39. The van der Waals surface area contributed by atoms with Gasteiger partial charge in [0.2, 0.25) is 5.88 Å². The lowest BCUT2D eigenvalue weighted by Crippen LogP contribution is -2.07. The Morgan fingerprint density at radius 3 is 3.00 bits per heavy atom. The first-order valence-corrected chi connectivity index (χ1v) is 5.92. The van der Waals surface area contributed by atoms with E-state index in [0.717, 1.165) is 24.7 Å². The van der Waals surface area contributed by atoms with E-state index >= 15 is 0 Å². The molecule has 1 fully saturated rings. The molecule has 0 spiro atoms. The summed E-state index contributed by atoms with van der Waals surface area (Å²) in [6.07, 6.45) is 3.63. The average molecular weight is 221 g/mol. The summed E-state index contributed by atoms with van der Waals surface area (Å²) in [5, 5.41) is 3.30. The van der Waals surface area contributed by atoms with Crippen LogP contribution in [0.4, 0.5) is 11.5 Å². The van der Waals surface area contributed by atoms with Crippen molar-refractivity contribution in [2.45, 2.75) is 26.2 Å². The number of nitrogens with two attached hydrogens (primary N) is 1. The van der Waals surface area contributed by atoms with E-state index < -0.39 is 0 Å². The summed E-state index contributed by atoms with van der Waals surface area (Å²) >= 11 is 0. The van der Waals surface area contributed by atoms with Gasteiger partial charge in [0.1, 0.15) is 5.82 Å². The molecule has 1 aliphatic carbocycles. The minimum Gasteiger partial charge on any atom is -0.476 e. The molecule has 4 heteroatoms. The Balaban J connectivity index is 1.95. The second kappa shape index (κ2) is 5.05. The minimum absolute atomic E-state index is 0.544. The Morgan fingerprint density at radius 2 is 2.31 bits per heavy atom. The molecule has 4 nitrogen and oxygen atoms in total. The third-order valence-corrected chi connectivity index (χ3v) is 2.60. The number of aromatic nitrogens is 1. The van der Waals surface area contributed by atoms with Crippen LogP contribution in [-0.2, 0) is 0 Å². The lowest BCUT2D eigenvalue weighted by Gasteiger charge is -2.09. The van der Waals surface area contributed by atoms with E-state index in [2.05, 4.69) is 17.2 Å². The second-order valence-corrected chi connectivity index (χ2v) is 4.26. The number of nitrogen functional groups attached to an aromatic ring is 1. The first-order chi connectivity index (χ1) is 7.79. The van der Waals surface area contributed by atoms with E-state index in [1.165, 1.54) is 12.8 Å². The zero-order valence-electron chi connectivity index (χ0n) is 9.70. The van der Waals surface area contributed by atoms with E-state index in [0.29, 0.717) is 18.2 Å². The zero-order valence-corrected chi connectivity index (χ0v) is 9.70. The molecule has 1 heterocycles. The van der Waals surface area contributed by atoms with Crippen LogP contribution in [0, 0.1) is 5.92 Å². The van der Waals surface area contributed by atoms with Crippen molar-refractivity contribution in [2.24, 2.45) is 5.92 Å². The van der Waals surface area contributed by atoms with E-state index in [-0.39, 0.29) is 0 Å². The lowest BCUT2D eigenvalue weighted by atomic mass is 10.3. The maximum atomic E-state index is 5.78. The van der Waals surface area contributed by atoms with Crippen LogP contribution in [0.25, 0.3) is 0 Å². The molecule has 0 radical (unpaired) electrons. The molecule has 1 aromatic rings. The SMILES string of the molecule is CCCOc1nc(NCC2CC2)ccc1N. The molecule has 0 bridgehead atoms. The van der Waals surface area contributed by atoms with Crippen molar-refractivity contribution in [2.75, 3.05) is 24.2 Å². The standard InChI is InChI=1S/C12H19N3O/c1-2-7-16-12-10(13)5-6-11(15-12)14-8-9-3-4-9/h5-6,9H,2-4,7-8,13H2,1H3,(H,14,15). The van der Waals surface area contributed by atoms with Gasteiger partial charge in [-0.15, -0.1) is 0 Å². The van der Waals surface area contributed by atoms with Crippen LogP contribution in [0.1, 0.15) is 26.2 Å². The number of nitrogens with zero attached hydrogens (tertiary/aromatic N) is 1. The number of rotatable bonds is 6. The number of hydrogen-bond acceptors (Lipinski definition) is 4. The van der Waals surface area contributed by atoms with Crippen molar-refractivity contribution in [1.82, 2.24) is 4.98 Å². The molecule has 0 unspecified atom stereocenters. The molecule has 16 heavy (non-hydrogen) atoms. The van der Waals surface area contributed by atoms with Gasteiger partial charge in [-0.05, 0) is 37.3 Å². The Labute approximate surface area is 96.2 Å². The number of anilines is 2. The van der Waals surface area contributed by atoms with Gasteiger partial charge in [0.05, 0.1) is 12.3 Å². The van der Waals surface area contributed by atoms with Crippen molar-refractivity contribution in [3.8, 4) is 5.88 Å². The molecule has 0 amide bonds. The molecule has 0 aliphatic heterocycles. The van der Waals surface area contributed by atoms with Gasteiger partial charge in [-0.2, -0.15) is 4.98 Å². The van der Waals surface area contributed by atoms with Crippen molar-refractivity contribution >= 4 is 11.5 Å². The monoisotopic (exact) mass is 221 g/mol. The fourth-order valence-electron chi connectivity index (χ4n) is 1.43. The Kier molecular flexibility index (Phi) is 3.49. The molecule has 3 N–H and O–H groups in total. The first kappa shape index (κ1) is 11.0. The third kappa shape index (κ3) is 3.02. The quantitative estimate of drug-likeness (QED) is 0.773. The van der Waals surface area contributed by atoms with E-state index in [9.17, 15) is 0 Å². The van der Waals surface area contributed by atoms with Gasteiger partial charge in [0.15, 0.2) is 0 Å². The van der Waals surface area contributed by atoms with E-state index in [1.54, 1.807) is 0 Å². The molecular formula is C12H19N3O. The minimum atomic E-state index is 0.544. The van der Waals surface area contributed by atoms with Crippen LogP contribution in [0.3, 0.4) is 0 Å². The fourth-order valence-corrected chi connectivity index (χ4v) is 1.43. The average Bonchev–Trinajstić information content (AvgIpc) is 3.10. The Morgan fingerprint density at radius 1 is 1.50 bits per heavy atom. The normalized spacial score (nSPS) is 14.8. The van der Waals surface area contributed by atoms with Gasteiger partial charge in [0.25, 0.3) is 0 Å². The summed E-state index contributed by atoms with van der Waals surface area (Å²) in [5.74, 6) is 2.23. The highest BCUT2D eigenvalue weighted by Crippen LogP contribution is 2.29. The van der Waals surface area contributed by atoms with E-state index in [4.69, 9.17) is 10.5 Å². The van der Waals surface area contributed by atoms with Crippen molar-refractivity contribution in [3.63, 3.8) is 0 Å². The fraction of sp³-hybridized carbons (Fsp3) is 0.583. The van der Waals surface area contributed by atoms with Crippen molar-refractivity contribution < 1.29 is 4.74 Å². The molecule has 1 saturated carbocycles. The molecule has 0 saturated heterocycles. The van der Waals surface area contributed by atoms with Gasteiger partial charge in [-0.3, -0.25) is 0 Å². The molecule has 88 valence electrons. The summed E-state index contributed by atoms with van der Waals surface area (Å²) < 4.78 is 5.47. The molecule has 0 atom stereocenters. The van der Waals surface area contributed by atoms with Crippen LogP contribution in [0.15, 0.2) is 12.1 Å². The van der Waals surface area contributed by atoms with Gasteiger partial charge >= 0.3 is 0 Å². The lowest BCUT2D eigenvalue weighted by molar-refractivity contribution is 0.307. The number of nitrogens with one attached hydrogen (secondary N) is 1. The largest absolute Gasteiger partial charge is 0.476 e. The van der Waals surface area contributed by atoms with Gasteiger partial charge in [-0.1, -0.05) is 6.92 Å². The highest BCUT2D eigenvalue weighted by molar-refractivity contribution is 5.53. The van der Waals surface area contributed by atoms with Gasteiger partial charge in [0, 0.05) is 6.54 Å². The first-order valence-electron chi connectivity index (χ1n) is 5.92. The third-order valence-electron chi connectivity index (χ3n) is 2.60. The van der Waals surface area contributed by atoms with Crippen molar-refractivity contribution in [1.29, 1.82) is 0 Å². The summed E-state index contributed by atoms with van der Waals surface area (Å²) in [7, 11) is 0. The maximum Gasteiger partial charge on any atom is 0.239 e. The van der Waals surface area contributed by atoms with Gasteiger partial charge in [-0.25, -0.2) is 0 Å². The smallest absolute Gasteiger partial charge is 0.239 e. The molecule has 1 aliphatic rings. The highest BCUT2D eigenvalue weighted by atomic mass is 16.5. The molecular weight excluding hydrogens is 202 g/mol. The Hall–Kier alpha value is -1.45. The topological polar surface area (TPSA) is 60.2 Å². The predicted molar refractivity (Wildman–Crippen MR) is 65.6 cm³/mol. The van der Waals surface area contributed by atoms with Gasteiger partial charge < -0.3 is 15.8 Å². The van der Waals surface area contributed by atoms with Crippen LogP contribution in [0.5, 0.6) is 5.88 Å². The van der Waals surface area contributed by atoms with E-state index in [1.807, 2.05) is 12.1 Å². The predicted octanol–water partition coefficient (Wildman–Crippen LogP) is 2.27. The number of ether oxygens (including phenoxy) is 1. The van der Waals surface area contributed by atoms with Crippen LogP contribution >= 0.6 is 0 Å². The highest BCUT2D eigenvalue weighted by Gasteiger charge is 2.20. The molecule has 1 aromatic heterocycles. The molecule has 0 aromatic carbocycles. The summed E-state index contributed by atoms with van der Waals surface area (Å²) in [4.78, 5) is 4.35. The van der Waals surface area contributed by atoms with Crippen LogP contribution in [-0.4, -0.2) is 18.1 Å². The summed E-state index contributed by atoms with van der Waals surface area (Å²) in [6.45, 7) is 3.72. The van der Waals surface area contributed by atoms with Crippen molar-refractivity contribution in [3.05, 3.63) is 12.1 Å². The molecule has 2 rings (SSSR count). The maximum absolute atomic E-state index is 5.78. The Bertz CT molecular complexity index is 350. The summed E-state index contributed by atoms with van der Waals surface area (Å²) in [6, 6.07) is 3.74. The zero-order chi connectivity index (χ0) is 11.4. The number of pyridine rings is 1. The number of hydrogen-bond donors (Lipinski definition) is 2. The van der Waals surface area contributed by atoms with Crippen LogP contribution in [0.2, 0.25) is 0 Å².